The molecule has 1 fully saturated rings. The molecule has 1 aromatic rings. The predicted octanol–water partition coefficient (Wildman–Crippen LogP) is 2.34. The van der Waals surface area contributed by atoms with E-state index in [4.69, 9.17) is 0 Å². The molecule has 2 amide bonds. The van der Waals surface area contributed by atoms with Crippen molar-refractivity contribution in [2.75, 3.05) is 6.54 Å². The van der Waals surface area contributed by atoms with Crippen LogP contribution in [0.4, 0.5) is 0 Å². The normalized spacial score (nSPS) is 25.0. The number of imide groups is 1. The summed E-state index contributed by atoms with van der Waals surface area (Å²) in [4.78, 5) is 26.0. The van der Waals surface area contributed by atoms with Crippen LogP contribution in [0.1, 0.15) is 66.2 Å². The Morgan fingerprint density at radius 1 is 1.17 bits per heavy atom. The summed E-state index contributed by atoms with van der Waals surface area (Å²) in [5.41, 5.74) is 1.03. The second-order valence-corrected chi connectivity index (χ2v) is 6.98. The van der Waals surface area contributed by atoms with Crippen molar-refractivity contribution in [3.8, 4) is 0 Å². The number of fused-ring (bicyclic) bond motifs is 1. The lowest BCUT2D eigenvalue weighted by Crippen LogP contribution is -2.46. The van der Waals surface area contributed by atoms with Gasteiger partial charge in [-0.2, -0.15) is 0 Å². The maximum absolute atomic E-state index is 12.3. The molecule has 1 aromatic carbocycles. The molecule has 1 heterocycles. The first-order valence-electron chi connectivity index (χ1n) is 8.97. The van der Waals surface area contributed by atoms with Crippen molar-refractivity contribution >= 4 is 11.8 Å². The van der Waals surface area contributed by atoms with Gasteiger partial charge < -0.3 is 10.4 Å². The zero-order valence-corrected chi connectivity index (χ0v) is 14.2. The first-order chi connectivity index (χ1) is 11.6. The Balaban J connectivity index is 1.47. The van der Waals surface area contributed by atoms with Crippen LogP contribution in [0.15, 0.2) is 24.3 Å². The lowest BCUT2D eigenvalue weighted by molar-refractivity contribution is 0.0648. The Labute approximate surface area is 143 Å². The number of aliphatic hydroxyl groups excluding tert-OH is 1. The predicted molar refractivity (Wildman–Crippen MR) is 91.9 cm³/mol. The molecule has 0 radical (unpaired) electrons. The van der Waals surface area contributed by atoms with Gasteiger partial charge in [0, 0.05) is 18.6 Å². The summed E-state index contributed by atoms with van der Waals surface area (Å²) in [5, 5.41) is 13.5. The molecule has 1 aliphatic heterocycles. The van der Waals surface area contributed by atoms with Crippen LogP contribution in [-0.2, 0) is 0 Å². The molecule has 5 nitrogen and oxygen atoms in total. The van der Waals surface area contributed by atoms with Crippen LogP contribution in [0.5, 0.6) is 0 Å². The summed E-state index contributed by atoms with van der Waals surface area (Å²) in [7, 11) is 0. The fraction of sp³-hybridized carbons (Fsp3) is 0.579. The third-order valence-corrected chi connectivity index (χ3v) is 5.13. The number of amides is 2. The number of carbonyl (C=O) groups excluding carboxylic acids is 2. The standard InChI is InChI=1S/C19H26N2O3/c1-13(20-16-10-4-5-11-17(16)22)7-6-12-21-18(23)14-8-2-3-9-15(14)19(21)24/h2-3,8-9,13,16-17,20,22H,4-7,10-12H2,1H3. The number of hydrogen-bond acceptors (Lipinski definition) is 4. The van der Waals surface area contributed by atoms with Crippen LogP contribution in [0.3, 0.4) is 0 Å². The third kappa shape index (κ3) is 3.52. The molecular weight excluding hydrogens is 304 g/mol. The van der Waals surface area contributed by atoms with Gasteiger partial charge in [0.2, 0.25) is 0 Å². The van der Waals surface area contributed by atoms with E-state index in [9.17, 15) is 14.7 Å². The molecule has 130 valence electrons. The Kier molecular flexibility index (Phi) is 5.31. The van der Waals surface area contributed by atoms with E-state index in [2.05, 4.69) is 12.2 Å². The minimum atomic E-state index is -0.252. The van der Waals surface area contributed by atoms with E-state index in [1.165, 1.54) is 4.90 Å². The summed E-state index contributed by atoms with van der Waals surface area (Å²) in [5.74, 6) is -0.363. The highest BCUT2D eigenvalue weighted by Gasteiger charge is 2.34. The van der Waals surface area contributed by atoms with Crippen LogP contribution in [0, 0.1) is 0 Å². The molecule has 0 saturated heterocycles. The van der Waals surface area contributed by atoms with Gasteiger partial charge in [-0.1, -0.05) is 25.0 Å². The Bertz CT molecular complexity index is 581. The lowest BCUT2D eigenvalue weighted by atomic mass is 9.92. The van der Waals surface area contributed by atoms with Gasteiger partial charge in [0.1, 0.15) is 0 Å². The molecule has 3 rings (SSSR count). The molecule has 0 spiro atoms. The number of aliphatic hydroxyl groups is 1. The van der Waals surface area contributed by atoms with Gasteiger partial charge in [-0.25, -0.2) is 0 Å². The molecule has 3 atom stereocenters. The van der Waals surface area contributed by atoms with Crippen molar-refractivity contribution in [1.82, 2.24) is 10.2 Å². The zero-order valence-electron chi connectivity index (χ0n) is 14.2. The number of carbonyl (C=O) groups is 2. The van der Waals surface area contributed by atoms with E-state index in [0.29, 0.717) is 17.7 Å². The molecule has 0 bridgehead atoms. The summed E-state index contributed by atoms with van der Waals surface area (Å²) in [6.07, 6.45) is 5.55. The Morgan fingerprint density at radius 2 is 1.79 bits per heavy atom. The van der Waals surface area contributed by atoms with Crippen molar-refractivity contribution in [2.24, 2.45) is 0 Å². The van der Waals surface area contributed by atoms with Gasteiger partial charge in [0.25, 0.3) is 11.8 Å². The highest BCUT2D eigenvalue weighted by molar-refractivity contribution is 6.21. The van der Waals surface area contributed by atoms with Crippen molar-refractivity contribution in [1.29, 1.82) is 0 Å². The van der Waals surface area contributed by atoms with Gasteiger partial charge in [0.15, 0.2) is 0 Å². The van der Waals surface area contributed by atoms with Gasteiger partial charge >= 0.3 is 0 Å². The molecule has 1 saturated carbocycles. The van der Waals surface area contributed by atoms with Crippen molar-refractivity contribution in [3.63, 3.8) is 0 Å². The molecule has 1 aliphatic carbocycles. The van der Waals surface area contributed by atoms with Gasteiger partial charge in [-0.3, -0.25) is 14.5 Å². The zero-order chi connectivity index (χ0) is 17.1. The third-order valence-electron chi connectivity index (χ3n) is 5.13. The fourth-order valence-electron chi connectivity index (χ4n) is 3.75. The number of nitrogens with one attached hydrogen (secondary N) is 1. The lowest BCUT2D eigenvalue weighted by Gasteiger charge is -2.31. The summed E-state index contributed by atoms with van der Waals surface area (Å²) >= 11 is 0. The number of benzene rings is 1. The average Bonchev–Trinajstić information content (AvgIpc) is 2.82. The quantitative estimate of drug-likeness (QED) is 0.786. The second kappa shape index (κ2) is 7.45. The molecule has 2 N–H and O–H groups in total. The first kappa shape index (κ1) is 17.1. The van der Waals surface area contributed by atoms with Crippen molar-refractivity contribution in [3.05, 3.63) is 35.4 Å². The molecule has 0 aromatic heterocycles. The maximum atomic E-state index is 12.3. The van der Waals surface area contributed by atoms with E-state index in [0.717, 1.165) is 38.5 Å². The first-order valence-corrected chi connectivity index (χ1v) is 8.97. The molecular formula is C19H26N2O3. The number of rotatable bonds is 6. The van der Waals surface area contributed by atoms with E-state index in [-0.39, 0.29) is 30.0 Å². The van der Waals surface area contributed by atoms with Crippen LogP contribution >= 0.6 is 0 Å². The van der Waals surface area contributed by atoms with Gasteiger partial charge in [-0.15, -0.1) is 0 Å². The highest BCUT2D eigenvalue weighted by Crippen LogP contribution is 2.23. The Hall–Kier alpha value is -1.72. The van der Waals surface area contributed by atoms with Crippen LogP contribution in [-0.4, -0.2) is 46.6 Å². The smallest absolute Gasteiger partial charge is 0.261 e. The van der Waals surface area contributed by atoms with E-state index < -0.39 is 0 Å². The highest BCUT2D eigenvalue weighted by atomic mass is 16.3. The fourth-order valence-corrected chi connectivity index (χ4v) is 3.75. The SMILES string of the molecule is CC(CCCN1C(=O)c2ccccc2C1=O)NC1CCCCC1O. The minimum Gasteiger partial charge on any atom is -0.392 e. The van der Waals surface area contributed by atoms with Gasteiger partial charge in [-0.05, 0) is 44.7 Å². The second-order valence-electron chi connectivity index (χ2n) is 6.98. The average molecular weight is 330 g/mol. The van der Waals surface area contributed by atoms with Crippen LogP contribution < -0.4 is 5.32 Å². The van der Waals surface area contributed by atoms with E-state index >= 15 is 0 Å². The molecule has 3 unspecified atom stereocenters. The molecule has 2 aliphatic rings. The van der Waals surface area contributed by atoms with E-state index in [1.54, 1.807) is 24.3 Å². The maximum Gasteiger partial charge on any atom is 0.261 e. The van der Waals surface area contributed by atoms with Crippen molar-refractivity contribution < 1.29 is 14.7 Å². The van der Waals surface area contributed by atoms with E-state index in [1.807, 2.05) is 0 Å². The topological polar surface area (TPSA) is 69.6 Å². The summed E-state index contributed by atoms with van der Waals surface area (Å²) in [6.45, 7) is 2.55. The van der Waals surface area contributed by atoms with Crippen LogP contribution in [0.25, 0.3) is 0 Å². The Morgan fingerprint density at radius 3 is 2.42 bits per heavy atom. The van der Waals surface area contributed by atoms with Crippen molar-refractivity contribution in [2.45, 2.75) is 63.6 Å². The number of hydrogen-bond donors (Lipinski definition) is 2. The van der Waals surface area contributed by atoms with Gasteiger partial charge in [0.05, 0.1) is 17.2 Å². The summed E-state index contributed by atoms with van der Waals surface area (Å²) < 4.78 is 0. The van der Waals surface area contributed by atoms with Crippen LogP contribution in [0.2, 0.25) is 0 Å². The largest absolute Gasteiger partial charge is 0.392 e. The monoisotopic (exact) mass is 330 g/mol. The number of nitrogens with zero attached hydrogens (tertiary/aromatic N) is 1. The minimum absolute atomic E-state index is 0.174. The molecule has 24 heavy (non-hydrogen) atoms. The summed E-state index contributed by atoms with van der Waals surface area (Å²) in [6, 6.07) is 7.43. The molecule has 5 heteroatoms.